The average Bonchev–Trinajstić information content (AvgIpc) is 3.32. The molecule has 187 valence electrons. The zero-order valence-electron chi connectivity index (χ0n) is 20.5. The van der Waals surface area contributed by atoms with Crippen molar-refractivity contribution in [2.45, 2.75) is 41.5 Å². The molecule has 3 fully saturated rings. The van der Waals surface area contributed by atoms with Gasteiger partial charge in [0.2, 0.25) is 15.9 Å². The first-order valence-corrected chi connectivity index (χ1v) is 13.0. The van der Waals surface area contributed by atoms with Crippen molar-refractivity contribution in [2.24, 2.45) is 0 Å². The van der Waals surface area contributed by atoms with E-state index in [1.54, 1.807) is 9.80 Å². The molecule has 3 saturated heterocycles. The van der Waals surface area contributed by atoms with Crippen LogP contribution in [0, 0.1) is 21.1 Å². The second-order valence-electron chi connectivity index (χ2n) is 5.17. The van der Waals surface area contributed by atoms with Crippen molar-refractivity contribution in [3.63, 3.8) is 0 Å². The SMILES string of the molecule is CC.CC.CC.[CH2-]N1CCS(=O)(=O)C1.[CH2-]N1CNC(=O)C1.[CH2-]N1CNCS1(=O)=O.[Y].[Y].[Y]. The summed E-state index contributed by atoms with van der Waals surface area (Å²) in [6.07, 6.45) is 0. The molecule has 0 aromatic heterocycles. The van der Waals surface area contributed by atoms with Crippen molar-refractivity contribution in [3.8, 4) is 0 Å². The molecule has 1 amide bonds. The van der Waals surface area contributed by atoms with Crippen molar-refractivity contribution >= 4 is 25.8 Å². The number of sulfone groups is 1. The zero-order chi connectivity index (χ0) is 23.7. The van der Waals surface area contributed by atoms with E-state index < -0.39 is 19.9 Å². The van der Waals surface area contributed by atoms with Gasteiger partial charge in [-0.2, -0.15) is 0 Å². The molecule has 3 radical (unpaired) electrons. The predicted molar refractivity (Wildman–Crippen MR) is 119 cm³/mol. The third-order valence-electron chi connectivity index (χ3n) is 2.93. The summed E-state index contributed by atoms with van der Waals surface area (Å²) in [5, 5.41) is 5.23. The van der Waals surface area contributed by atoms with E-state index in [4.69, 9.17) is 0 Å². The summed E-state index contributed by atoms with van der Waals surface area (Å²) in [6, 6.07) is 0. The Morgan fingerprint density at radius 2 is 1.28 bits per heavy atom. The van der Waals surface area contributed by atoms with Gasteiger partial charge in [-0.25, -0.2) is 16.8 Å². The first-order valence-electron chi connectivity index (χ1n) is 9.61. The van der Waals surface area contributed by atoms with E-state index in [1.165, 1.54) is 0 Å². The van der Waals surface area contributed by atoms with Crippen LogP contribution in [0.15, 0.2) is 0 Å². The molecule has 0 aromatic rings. The molecule has 3 aliphatic rings. The smallest absolute Gasteiger partial charge is 0.232 e. The number of rotatable bonds is 0. The van der Waals surface area contributed by atoms with Crippen LogP contribution < -0.4 is 10.6 Å². The summed E-state index contributed by atoms with van der Waals surface area (Å²) < 4.78 is 43.3. The van der Waals surface area contributed by atoms with Gasteiger partial charge in [-0.05, 0) is 6.54 Å². The van der Waals surface area contributed by atoms with Crippen LogP contribution in [0.4, 0.5) is 0 Å². The first-order chi connectivity index (χ1) is 13.5. The van der Waals surface area contributed by atoms with Gasteiger partial charge in [0, 0.05) is 111 Å². The minimum absolute atomic E-state index is 0. The van der Waals surface area contributed by atoms with Crippen LogP contribution >= 0.6 is 0 Å². The van der Waals surface area contributed by atoms with Crippen LogP contribution in [-0.2, 0) is 123 Å². The summed E-state index contributed by atoms with van der Waals surface area (Å²) in [6.45, 7) is 14.0. The normalized spacial score (nSPS) is 19.8. The Morgan fingerprint density at radius 1 is 0.812 bits per heavy atom. The van der Waals surface area contributed by atoms with Crippen LogP contribution in [0.3, 0.4) is 0 Å². The molecule has 2 N–H and O–H groups in total. The molecule has 0 bridgehead atoms. The number of nitrogens with zero attached hydrogens (tertiary/aromatic N) is 3. The Balaban J connectivity index is -0.0000000680. The maximum atomic E-state index is 10.6. The van der Waals surface area contributed by atoms with Gasteiger partial charge in [0.1, 0.15) is 5.88 Å². The van der Waals surface area contributed by atoms with Crippen molar-refractivity contribution in [2.75, 3.05) is 43.9 Å². The Hall–Kier alpha value is 2.52. The minimum atomic E-state index is -3.01. The van der Waals surface area contributed by atoms with Gasteiger partial charge in [-0.15, -0.1) is 0 Å². The molecule has 15 heteroatoms. The molecule has 3 rings (SSSR count). The molecular formula is C17H40N5O5S2Y3-3. The van der Waals surface area contributed by atoms with Crippen LogP contribution in [0.1, 0.15) is 41.5 Å². The summed E-state index contributed by atoms with van der Waals surface area (Å²) in [4.78, 5) is 13.5. The summed E-state index contributed by atoms with van der Waals surface area (Å²) in [7, 11) is 4.55. The van der Waals surface area contributed by atoms with Crippen LogP contribution in [0.2, 0.25) is 0 Å². The Labute approximate surface area is 273 Å². The van der Waals surface area contributed by atoms with Gasteiger partial charge in [0.25, 0.3) is 0 Å². The molecule has 0 aliphatic carbocycles. The molecule has 3 aliphatic heterocycles. The molecular weight excluding hydrogens is 685 g/mol. The van der Waals surface area contributed by atoms with Crippen LogP contribution in [0.25, 0.3) is 0 Å². The number of sulfonamides is 1. The van der Waals surface area contributed by atoms with E-state index in [1.807, 2.05) is 41.5 Å². The molecule has 0 unspecified atom stereocenters. The fourth-order valence-corrected chi connectivity index (χ4v) is 3.85. The van der Waals surface area contributed by atoms with E-state index in [0.29, 0.717) is 26.4 Å². The molecule has 10 nitrogen and oxygen atoms in total. The topological polar surface area (TPSA) is 119 Å². The fourth-order valence-electron chi connectivity index (χ4n) is 1.68. The van der Waals surface area contributed by atoms with Crippen LogP contribution in [-0.4, -0.2) is 80.8 Å². The van der Waals surface area contributed by atoms with Crippen molar-refractivity contribution in [1.82, 2.24) is 24.7 Å². The second kappa shape index (κ2) is 28.1. The Morgan fingerprint density at radius 3 is 1.38 bits per heavy atom. The number of carbonyl (C=O) groups is 1. The predicted octanol–water partition coefficient (Wildman–Crippen LogP) is 0.632. The first kappa shape index (κ1) is 47.7. The van der Waals surface area contributed by atoms with Crippen LogP contribution in [0.5, 0.6) is 0 Å². The zero-order valence-corrected chi connectivity index (χ0v) is 30.7. The molecule has 3 heterocycles. The third kappa shape index (κ3) is 25.6. The van der Waals surface area contributed by atoms with Gasteiger partial charge < -0.3 is 19.4 Å². The van der Waals surface area contributed by atoms with E-state index >= 15 is 0 Å². The second-order valence-corrected chi connectivity index (χ2v) is 9.30. The largest absolute Gasteiger partial charge is 0.446 e. The number of nitrogens with one attached hydrogen (secondary N) is 2. The summed E-state index contributed by atoms with van der Waals surface area (Å²) >= 11 is 0. The van der Waals surface area contributed by atoms with E-state index in [2.05, 4.69) is 31.8 Å². The van der Waals surface area contributed by atoms with E-state index in [-0.39, 0.29) is 122 Å². The number of hydrogen-bond acceptors (Lipinski definition) is 8. The van der Waals surface area contributed by atoms with Gasteiger partial charge in [-0.1, -0.05) is 41.5 Å². The van der Waals surface area contributed by atoms with Gasteiger partial charge in [0.15, 0.2) is 9.84 Å². The minimum Gasteiger partial charge on any atom is -0.446 e. The van der Waals surface area contributed by atoms with Gasteiger partial charge in [0.05, 0.1) is 18.2 Å². The van der Waals surface area contributed by atoms with Crippen molar-refractivity contribution in [1.29, 1.82) is 0 Å². The van der Waals surface area contributed by atoms with Gasteiger partial charge >= 0.3 is 0 Å². The summed E-state index contributed by atoms with van der Waals surface area (Å²) in [5.74, 6) is 0.495. The summed E-state index contributed by atoms with van der Waals surface area (Å²) in [5.41, 5.74) is 0. The molecule has 0 aromatic carbocycles. The molecule has 32 heavy (non-hydrogen) atoms. The van der Waals surface area contributed by atoms with Gasteiger partial charge in [-0.3, -0.25) is 31.3 Å². The number of amides is 1. The monoisotopic (exact) mass is 725 g/mol. The quantitative estimate of drug-likeness (QED) is 0.350. The fraction of sp³-hybridized carbons (Fsp3) is 0.765. The molecule has 0 atom stereocenters. The standard InChI is InChI=1S/C4H7N2O.C4H8NO2S.C3H7N2O2S.3C2H6.3Y/c1-6-2-4(7)5-3-6;1-5-2-3-8(6,7)4-5;1-5-2-4-3-8(5,6)7;3*1-2;;;/h1-3H2,(H,5,7);1-4H2;4H,1-3H2;3*1-2H3;;;/q3*-1;;;;;;. The van der Waals surface area contributed by atoms with Crippen molar-refractivity contribution < 1.29 is 120 Å². The Kier molecular flexibility index (Phi) is 41.9. The maximum absolute atomic E-state index is 10.6. The Bertz CT molecular complexity index is 626. The number of carbonyl (C=O) groups excluding carboxylic acids is 1. The maximum Gasteiger partial charge on any atom is 0.232 e. The third-order valence-corrected chi connectivity index (χ3v) is 5.98. The van der Waals surface area contributed by atoms with Crippen molar-refractivity contribution in [3.05, 3.63) is 21.1 Å². The number of hydrogen-bond donors (Lipinski definition) is 2. The van der Waals surface area contributed by atoms with E-state index in [9.17, 15) is 21.6 Å². The average molecular weight is 725 g/mol. The van der Waals surface area contributed by atoms with E-state index in [0.717, 1.165) is 4.31 Å². The molecule has 0 spiro atoms. The molecule has 0 saturated carbocycles.